The number of rotatable bonds is 4. The van der Waals surface area contributed by atoms with Crippen molar-refractivity contribution in [2.24, 2.45) is 5.92 Å². The predicted molar refractivity (Wildman–Crippen MR) is 79.6 cm³/mol. The third-order valence-corrected chi connectivity index (χ3v) is 4.42. The molecule has 1 heterocycles. The second kappa shape index (κ2) is 6.16. The molecule has 3 rings (SSSR count). The van der Waals surface area contributed by atoms with Crippen molar-refractivity contribution in [3.05, 3.63) is 35.9 Å². The third-order valence-electron chi connectivity index (χ3n) is 4.42. The SMILES string of the molecule is O=C1NC[C@@H](C(=O)N[C@H](c2ccccc2)C2CCCC2)N1. The number of urea groups is 1. The summed E-state index contributed by atoms with van der Waals surface area (Å²) in [5.41, 5.74) is 1.15. The van der Waals surface area contributed by atoms with Gasteiger partial charge in [-0.25, -0.2) is 4.79 Å². The lowest BCUT2D eigenvalue weighted by Gasteiger charge is -2.26. The first-order valence-electron chi connectivity index (χ1n) is 7.64. The largest absolute Gasteiger partial charge is 0.347 e. The van der Waals surface area contributed by atoms with E-state index in [4.69, 9.17) is 0 Å². The molecule has 0 aromatic heterocycles. The van der Waals surface area contributed by atoms with E-state index in [1.165, 1.54) is 12.8 Å². The summed E-state index contributed by atoms with van der Waals surface area (Å²) in [5.74, 6) is 0.385. The van der Waals surface area contributed by atoms with Crippen LogP contribution < -0.4 is 16.0 Å². The second-order valence-corrected chi connectivity index (χ2v) is 5.85. The summed E-state index contributed by atoms with van der Waals surface area (Å²) in [5, 5.41) is 8.41. The summed E-state index contributed by atoms with van der Waals surface area (Å²) in [4.78, 5) is 23.5. The van der Waals surface area contributed by atoms with Gasteiger partial charge in [0.2, 0.25) is 5.91 Å². The lowest BCUT2D eigenvalue weighted by molar-refractivity contribution is -0.123. The molecular weight excluding hydrogens is 266 g/mol. The van der Waals surface area contributed by atoms with Crippen molar-refractivity contribution >= 4 is 11.9 Å². The predicted octanol–water partition coefficient (Wildman–Crippen LogP) is 1.72. The molecule has 1 saturated heterocycles. The highest BCUT2D eigenvalue weighted by atomic mass is 16.2. The van der Waals surface area contributed by atoms with Crippen molar-refractivity contribution in [3.8, 4) is 0 Å². The van der Waals surface area contributed by atoms with Crippen LogP contribution in [0.5, 0.6) is 0 Å². The minimum absolute atomic E-state index is 0.0405. The zero-order valence-electron chi connectivity index (χ0n) is 12.0. The molecule has 2 atom stereocenters. The Morgan fingerprint density at radius 3 is 2.52 bits per heavy atom. The molecule has 2 fully saturated rings. The number of hydrogen-bond acceptors (Lipinski definition) is 2. The Bertz CT molecular complexity index is 512. The number of hydrogen-bond donors (Lipinski definition) is 3. The van der Waals surface area contributed by atoms with Gasteiger partial charge in [-0.2, -0.15) is 0 Å². The van der Waals surface area contributed by atoms with E-state index < -0.39 is 6.04 Å². The minimum atomic E-state index is -0.467. The molecule has 1 aromatic rings. The van der Waals surface area contributed by atoms with Crippen molar-refractivity contribution < 1.29 is 9.59 Å². The van der Waals surface area contributed by atoms with Gasteiger partial charge < -0.3 is 16.0 Å². The van der Waals surface area contributed by atoms with E-state index in [1.54, 1.807) is 0 Å². The van der Waals surface area contributed by atoms with Gasteiger partial charge in [-0.05, 0) is 24.3 Å². The van der Waals surface area contributed by atoms with E-state index in [0.29, 0.717) is 12.5 Å². The Labute approximate surface area is 124 Å². The maximum Gasteiger partial charge on any atom is 0.315 e. The van der Waals surface area contributed by atoms with Gasteiger partial charge in [0, 0.05) is 6.54 Å². The number of nitrogens with one attached hydrogen (secondary N) is 3. The van der Waals surface area contributed by atoms with Crippen LogP contribution in [0, 0.1) is 5.92 Å². The third kappa shape index (κ3) is 3.17. The highest BCUT2D eigenvalue weighted by molar-refractivity contribution is 5.90. The Balaban J connectivity index is 1.73. The zero-order valence-corrected chi connectivity index (χ0v) is 12.0. The molecule has 0 unspecified atom stereocenters. The van der Waals surface area contributed by atoms with Crippen LogP contribution in [-0.4, -0.2) is 24.5 Å². The van der Waals surface area contributed by atoms with Gasteiger partial charge in [0.25, 0.3) is 0 Å². The maximum atomic E-state index is 12.4. The van der Waals surface area contributed by atoms with Crippen LogP contribution in [0.3, 0.4) is 0 Å². The van der Waals surface area contributed by atoms with E-state index in [9.17, 15) is 9.59 Å². The van der Waals surface area contributed by atoms with E-state index in [1.807, 2.05) is 18.2 Å². The quantitative estimate of drug-likeness (QED) is 0.789. The first-order chi connectivity index (χ1) is 10.2. The average molecular weight is 287 g/mol. The minimum Gasteiger partial charge on any atom is -0.347 e. The Morgan fingerprint density at radius 2 is 1.90 bits per heavy atom. The van der Waals surface area contributed by atoms with Gasteiger partial charge in [0.15, 0.2) is 0 Å². The topological polar surface area (TPSA) is 70.2 Å². The van der Waals surface area contributed by atoms with Crippen molar-refractivity contribution in [2.45, 2.75) is 37.8 Å². The molecule has 3 N–H and O–H groups in total. The standard InChI is InChI=1S/C16H21N3O2/c20-15(13-10-17-16(21)18-13)19-14(12-8-4-5-9-12)11-6-2-1-3-7-11/h1-3,6-7,12-14H,4-5,8-10H2,(H,19,20)(H2,17,18,21)/t13-,14+/m0/s1. The van der Waals surface area contributed by atoms with Gasteiger partial charge in [0.05, 0.1) is 6.04 Å². The van der Waals surface area contributed by atoms with Crippen LogP contribution in [0.15, 0.2) is 30.3 Å². The van der Waals surface area contributed by atoms with E-state index in [2.05, 4.69) is 28.1 Å². The Morgan fingerprint density at radius 1 is 1.19 bits per heavy atom. The fourth-order valence-corrected chi connectivity index (χ4v) is 3.29. The summed E-state index contributed by atoms with van der Waals surface area (Å²) < 4.78 is 0. The van der Waals surface area contributed by atoms with Crippen LogP contribution in [-0.2, 0) is 4.79 Å². The summed E-state index contributed by atoms with van der Waals surface area (Å²) in [6.07, 6.45) is 4.75. The molecule has 1 aliphatic heterocycles. The summed E-state index contributed by atoms with van der Waals surface area (Å²) >= 11 is 0. The molecular formula is C16H21N3O2. The normalized spacial score (nSPS) is 23.4. The van der Waals surface area contributed by atoms with Crippen molar-refractivity contribution in [2.75, 3.05) is 6.54 Å². The smallest absolute Gasteiger partial charge is 0.315 e. The molecule has 5 heteroatoms. The number of amides is 3. The molecule has 1 saturated carbocycles. The fourth-order valence-electron chi connectivity index (χ4n) is 3.29. The van der Waals surface area contributed by atoms with E-state index in [-0.39, 0.29) is 18.0 Å². The highest BCUT2D eigenvalue weighted by Crippen LogP contribution is 2.35. The monoisotopic (exact) mass is 287 g/mol. The van der Waals surface area contributed by atoms with Crippen LogP contribution >= 0.6 is 0 Å². The number of benzene rings is 1. The molecule has 3 amide bonds. The highest BCUT2D eigenvalue weighted by Gasteiger charge is 2.32. The second-order valence-electron chi connectivity index (χ2n) is 5.85. The van der Waals surface area contributed by atoms with Gasteiger partial charge in [-0.1, -0.05) is 43.2 Å². The fraction of sp³-hybridized carbons (Fsp3) is 0.500. The van der Waals surface area contributed by atoms with Crippen molar-refractivity contribution in [1.82, 2.24) is 16.0 Å². The molecule has 21 heavy (non-hydrogen) atoms. The molecule has 0 spiro atoms. The van der Waals surface area contributed by atoms with Gasteiger partial charge in [-0.15, -0.1) is 0 Å². The van der Waals surface area contributed by atoms with Crippen LogP contribution in [0.25, 0.3) is 0 Å². The zero-order chi connectivity index (χ0) is 14.7. The van der Waals surface area contributed by atoms with Crippen LogP contribution in [0.1, 0.15) is 37.3 Å². The molecule has 0 radical (unpaired) electrons. The molecule has 1 aliphatic carbocycles. The molecule has 0 bridgehead atoms. The van der Waals surface area contributed by atoms with Gasteiger partial charge >= 0.3 is 6.03 Å². The van der Waals surface area contributed by atoms with E-state index in [0.717, 1.165) is 18.4 Å². The van der Waals surface area contributed by atoms with E-state index >= 15 is 0 Å². The molecule has 5 nitrogen and oxygen atoms in total. The first kappa shape index (κ1) is 13.9. The molecule has 2 aliphatic rings. The Kier molecular flexibility index (Phi) is 4.08. The maximum absolute atomic E-state index is 12.4. The average Bonchev–Trinajstić information content (AvgIpc) is 3.17. The lowest BCUT2D eigenvalue weighted by atomic mass is 9.91. The Hall–Kier alpha value is -2.04. The molecule has 112 valence electrons. The van der Waals surface area contributed by atoms with Gasteiger partial charge in [0.1, 0.15) is 6.04 Å². The van der Waals surface area contributed by atoms with Gasteiger partial charge in [-0.3, -0.25) is 4.79 Å². The first-order valence-corrected chi connectivity index (χ1v) is 7.64. The van der Waals surface area contributed by atoms with Crippen molar-refractivity contribution in [1.29, 1.82) is 0 Å². The van der Waals surface area contributed by atoms with Crippen molar-refractivity contribution in [3.63, 3.8) is 0 Å². The summed E-state index contributed by atoms with van der Waals surface area (Å²) in [6.45, 7) is 0.358. The van der Waals surface area contributed by atoms with Crippen LogP contribution in [0.4, 0.5) is 4.79 Å². The molecule has 1 aromatic carbocycles. The summed E-state index contributed by atoms with van der Waals surface area (Å²) in [7, 11) is 0. The summed E-state index contributed by atoms with van der Waals surface area (Å²) in [6, 6.07) is 9.42. The number of carbonyl (C=O) groups excluding carboxylic acids is 2. The number of carbonyl (C=O) groups is 2. The van der Waals surface area contributed by atoms with Crippen LogP contribution in [0.2, 0.25) is 0 Å². The lowest BCUT2D eigenvalue weighted by Crippen LogP contribution is -2.45.